The number of hydrogen-bond donors (Lipinski definition) is 0. The van der Waals surface area contributed by atoms with Crippen molar-refractivity contribution in [2.75, 3.05) is 5.75 Å². The van der Waals surface area contributed by atoms with Crippen LogP contribution in [0.4, 0.5) is 4.39 Å². The molecule has 0 aliphatic rings. The minimum absolute atomic E-state index is 0.0432. The average Bonchev–Trinajstić information content (AvgIpc) is 3.08. The van der Waals surface area contributed by atoms with Gasteiger partial charge in [-0.2, -0.15) is 0 Å². The number of aromatic nitrogens is 4. The molecule has 2 aromatic heterocycles. The number of nitrogens with zero attached hydrogens (tertiary/aromatic N) is 4. The summed E-state index contributed by atoms with van der Waals surface area (Å²) < 4.78 is 17.6. The van der Waals surface area contributed by atoms with Gasteiger partial charge in [0.2, 0.25) is 0 Å². The fraction of sp³-hybridized carbons (Fsp3) is 0.278. The Morgan fingerprint density at radius 1 is 1.16 bits per heavy atom. The SMILES string of the molecule is Cc1cc(C(=O)CSc2nnc(-c3ccccc3F)n2C)c(C)n1C. The van der Waals surface area contributed by atoms with Crippen molar-refractivity contribution in [1.29, 1.82) is 0 Å². The standard InChI is InChI=1S/C18H19FN4OS/c1-11-9-14(12(2)22(11)3)16(24)10-25-18-21-20-17(23(18)4)13-7-5-6-8-15(13)19/h5-9H,10H2,1-4H3. The van der Waals surface area contributed by atoms with Crippen molar-refractivity contribution < 1.29 is 9.18 Å². The minimum Gasteiger partial charge on any atom is -0.351 e. The number of benzene rings is 1. The molecule has 0 N–H and O–H groups in total. The third-order valence-electron chi connectivity index (χ3n) is 4.36. The van der Waals surface area contributed by atoms with Gasteiger partial charge in [0.25, 0.3) is 0 Å². The van der Waals surface area contributed by atoms with E-state index in [9.17, 15) is 9.18 Å². The zero-order valence-corrected chi connectivity index (χ0v) is 15.4. The van der Waals surface area contributed by atoms with E-state index >= 15 is 0 Å². The number of hydrogen-bond acceptors (Lipinski definition) is 4. The third-order valence-corrected chi connectivity index (χ3v) is 5.38. The number of rotatable bonds is 5. The van der Waals surface area contributed by atoms with Crippen molar-refractivity contribution in [2.24, 2.45) is 14.1 Å². The first-order valence-corrected chi connectivity index (χ1v) is 8.82. The van der Waals surface area contributed by atoms with E-state index in [1.807, 2.05) is 31.5 Å². The molecule has 3 rings (SSSR count). The van der Waals surface area contributed by atoms with Gasteiger partial charge in [0.05, 0.1) is 11.3 Å². The smallest absolute Gasteiger partial charge is 0.191 e. The average molecular weight is 358 g/mol. The van der Waals surface area contributed by atoms with Crippen molar-refractivity contribution >= 4 is 17.5 Å². The lowest BCUT2D eigenvalue weighted by Crippen LogP contribution is -2.05. The van der Waals surface area contributed by atoms with Crippen LogP contribution >= 0.6 is 11.8 Å². The highest BCUT2D eigenvalue weighted by Crippen LogP contribution is 2.25. The van der Waals surface area contributed by atoms with Crippen LogP contribution in [-0.4, -0.2) is 30.9 Å². The first-order valence-electron chi connectivity index (χ1n) is 7.83. The Kier molecular flexibility index (Phi) is 4.76. The van der Waals surface area contributed by atoms with E-state index in [-0.39, 0.29) is 17.4 Å². The van der Waals surface area contributed by atoms with Crippen LogP contribution in [0.5, 0.6) is 0 Å². The summed E-state index contributed by atoms with van der Waals surface area (Å²) in [6, 6.07) is 8.34. The Bertz CT molecular complexity index is 945. The molecule has 0 amide bonds. The van der Waals surface area contributed by atoms with Gasteiger partial charge in [-0.3, -0.25) is 4.79 Å². The summed E-state index contributed by atoms with van der Waals surface area (Å²) >= 11 is 1.30. The molecule has 0 spiro atoms. The highest BCUT2D eigenvalue weighted by Gasteiger charge is 2.18. The van der Waals surface area contributed by atoms with Crippen molar-refractivity contribution in [1.82, 2.24) is 19.3 Å². The third kappa shape index (κ3) is 3.24. The van der Waals surface area contributed by atoms with Gasteiger partial charge in [-0.15, -0.1) is 10.2 Å². The normalized spacial score (nSPS) is 11.1. The van der Waals surface area contributed by atoms with Gasteiger partial charge in [0, 0.05) is 31.0 Å². The van der Waals surface area contributed by atoms with E-state index in [2.05, 4.69) is 10.2 Å². The Labute approximate surface area is 149 Å². The molecule has 0 saturated heterocycles. The van der Waals surface area contributed by atoms with Crippen LogP contribution in [0.2, 0.25) is 0 Å². The molecule has 5 nitrogen and oxygen atoms in total. The van der Waals surface area contributed by atoms with E-state index in [4.69, 9.17) is 0 Å². The molecule has 0 unspecified atom stereocenters. The minimum atomic E-state index is -0.346. The fourth-order valence-electron chi connectivity index (χ4n) is 2.66. The Balaban J connectivity index is 1.77. The summed E-state index contributed by atoms with van der Waals surface area (Å²) in [5, 5.41) is 8.75. The predicted octanol–water partition coefficient (Wildman–Crippen LogP) is 3.55. The molecule has 1 aromatic carbocycles. The number of halogens is 1. The number of Topliss-reactive ketones (excluding diaryl/α,β-unsaturated/α-hetero) is 1. The molecule has 130 valence electrons. The summed E-state index contributed by atoms with van der Waals surface area (Å²) in [5.74, 6) is 0.399. The van der Waals surface area contributed by atoms with Gasteiger partial charge in [-0.1, -0.05) is 23.9 Å². The van der Waals surface area contributed by atoms with Crippen LogP contribution in [-0.2, 0) is 14.1 Å². The molecular formula is C18H19FN4OS. The van der Waals surface area contributed by atoms with Gasteiger partial charge in [-0.25, -0.2) is 4.39 Å². The Hall–Kier alpha value is -2.41. The maximum atomic E-state index is 13.9. The van der Waals surface area contributed by atoms with Crippen LogP contribution in [0.3, 0.4) is 0 Å². The first-order chi connectivity index (χ1) is 11.9. The lowest BCUT2D eigenvalue weighted by atomic mass is 10.2. The number of aryl methyl sites for hydroxylation is 1. The summed E-state index contributed by atoms with van der Waals surface area (Å²) in [5.41, 5.74) is 3.12. The molecule has 3 aromatic rings. The molecule has 25 heavy (non-hydrogen) atoms. The van der Waals surface area contributed by atoms with Gasteiger partial charge in [0.1, 0.15) is 5.82 Å². The maximum Gasteiger partial charge on any atom is 0.191 e. The van der Waals surface area contributed by atoms with Crippen LogP contribution < -0.4 is 0 Å². The molecule has 0 saturated carbocycles. The van der Waals surface area contributed by atoms with Crippen LogP contribution in [0.1, 0.15) is 21.7 Å². The number of ketones is 1. The van der Waals surface area contributed by atoms with Crippen molar-refractivity contribution in [2.45, 2.75) is 19.0 Å². The highest BCUT2D eigenvalue weighted by molar-refractivity contribution is 7.99. The van der Waals surface area contributed by atoms with Crippen LogP contribution in [0.25, 0.3) is 11.4 Å². The number of thioether (sulfide) groups is 1. The zero-order valence-electron chi connectivity index (χ0n) is 14.6. The number of carbonyl (C=O) groups is 1. The Morgan fingerprint density at radius 3 is 2.52 bits per heavy atom. The molecule has 0 fully saturated rings. The summed E-state index contributed by atoms with van der Waals surface area (Å²) in [7, 11) is 3.71. The molecule has 2 heterocycles. The second kappa shape index (κ2) is 6.84. The van der Waals surface area contributed by atoms with Gasteiger partial charge >= 0.3 is 0 Å². The molecular weight excluding hydrogens is 339 g/mol. The largest absolute Gasteiger partial charge is 0.351 e. The van der Waals surface area contributed by atoms with E-state index in [1.54, 1.807) is 29.8 Å². The molecule has 0 bridgehead atoms. The first kappa shape index (κ1) is 17.4. The monoisotopic (exact) mass is 358 g/mol. The zero-order chi connectivity index (χ0) is 18.1. The van der Waals surface area contributed by atoms with Crippen LogP contribution in [0.15, 0.2) is 35.5 Å². The van der Waals surface area contributed by atoms with Gasteiger partial charge in [0.15, 0.2) is 16.8 Å². The maximum absolute atomic E-state index is 13.9. The van der Waals surface area contributed by atoms with Crippen molar-refractivity contribution in [3.05, 3.63) is 53.1 Å². The summed E-state index contributed by atoms with van der Waals surface area (Å²) in [6.45, 7) is 3.91. The lowest BCUT2D eigenvalue weighted by molar-refractivity contribution is 0.102. The quantitative estimate of drug-likeness (QED) is 0.517. The van der Waals surface area contributed by atoms with Crippen molar-refractivity contribution in [3.63, 3.8) is 0 Å². The van der Waals surface area contributed by atoms with Gasteiger partial charge < -0.3 is 9.13 Å². The number of carbonyl (C=O) groups excluding carboxylic acids is 1. The summed E-state index contributed by atoms with van der Waals surface area (Å²) in [6.07, 6.45) is 0. The van der Waals surface area contributed by atoms with E-state index < -0.39 is 0 Å². The second-order valence-corrected chi connectivity index (χ2v) is 6.84. The van der Waals surface area contributed by atoms with Crippen molar-refractivity contribution in [3.8, 4) is 11.4 Å². The molecule has 0 radical (unpaired) electrons. The molecule has 0 aliphatic heterocycles. The second-order valence-electron chi connectivity index (χ2n) is 5.90. The molecule has 0 atom stereocenters. The van der Waals surface area contributed by atoms with E-state index in [1.165, 1.54) is 17.8 Å². The van der Waals surface area contributed by atoms with E-state index in [0.717, 1.165) is 17.0 Å². The molecule has 7 heteroatoms. The van der Waals surface area contributed by atoms with Crippen LogP contribution in [0, 0.1) is 19.7 Å². The topological polar surface area (TPSA) is 52.7 Å². The fourth-order valence-corrected chi connectivity index (χ4v) is 3.46. The Morgan fingerprint density at radius 2 is 1.88 bits per heavy atom. The lowest BCUT2D eigenvalue weighted by Gasteiger charge is -2.05. The molecule has 0 aliphatic carbocycles. The summed E-state index contributed by atoms with van der Waals surface area (Å²) in [4.78, 5) is 12.5. The predicted molar refractivity (Wildman–Crippen MR) is 96.3 cm³/mol. The van der Waals surface area contributed by atoms with E-state index in [0.29, 0.717) is 16.5 Å². The van der Waals surface area contributed by atoms with Gasteiger partial charge in [-0.05, 0) is 32.0 Å². The highest BCUT2D eigenvalue weighted by atomic mass is 32.2.